The van der Waals surface area contributed by atoms with E-state index in [1.165, 1.54) is 5.56 Å². The van der Waals surface area contributed by atoms with Gasteiger partial charge in [0.25, 0.3) is 0 Å². The van der Waals surface area contributed by atoms with Crippen molar-refractivity contribution >= 4 is 22.3 Å². The van der Waals surface area contributed by atoms with Crippen LogP contribution < -0.4 is 10.1 Å². The lowest BCUT2D eigenvalue weighted by atomic mass is 10.1. The van der Waals surface area contributed by atoms with Gasteiger partial charge < -0.3 is 10.1 Å². The van der Waals surface area contributed by atoms with Gasteiger partial charge in [-0.15, -0.1) is 0 Å². The molecule has 21 heavy (non-hydrogen) atoms. The van der Waals surface area contributed by atoms with Crippen molar-refractivity contribution in [2.75, 3.05) is 12.4 Å². The van der Waals surface area contributed by atoms with E-state index in [-0.39, 0.29) is 0 Å². The molecule has 0 unspecified atom stereocenters. The van der Waals surface area contributed by atoms with Crippen LogP contribution in [0.4, 0.5) is 11.4 Å². The molecule has 0 saturated heterocycles. The summed E-state index contributed by atoms with van der Waals surface area (Å²) in [7, 11) is 1.68. The maximum absolute atomic E-state index is 5.33. The lowest BCUT2D eigenvalue weighted by molar-refractivity contribution is 0.415. The minimum atomic E-state index is 0.834. The van der Waals surface area contributed by atoms with Gasteiger partial charge in [-0.2, -0.15) is 0 Å². The average molecular weight is 278 g/mol. The van der Waals surface area contributed by atoms with Crippen LogP contribution >= 0.6 is 0 Å². The number of pyridine rings is 1. The Labute approximate surface area is 124 Å². The van der Waals surface area contributed by atoms with Crippen LogP contribution in [0.2, 0.25) is 0 Å². The summed E-state index contributed by atoms with van der Waals surface area (Å²) in [4.78, 5) is 4.58. The monoisotopic (exact) mass is 278 g/mol. The normalized spacial score (nSPS) is 10.6. The molecule has 1 heterocycles. The zero-order valence-electron chi connectivity index (χ0n) is 12.5. The molecule has 0 amide bonds. The highest BCUT2D eigenvalue weighted by Crippen LogP contribution is 2.30. The van der Waals surface area contributed by atoms with Crippen LogP contribution in [0.1, 0.15) is 11.3 Å². The van der Waals surface area contributed by atoms with E-state index < -0.39 is 0 Å². The summed E-state index contributed by atoms with van der Waals surface area (Å²) in [6, 6.07) is 16.3. The molecule has 0 aliphatic carbocycles. The molecule has 3 heteroatoms. The van der Waals surface area contributed by atoms with Crippen LogP contribution in [-0.4, -0.2) is 12.1 Å². The number of aryl methyl sites for hydroxylation is 2. The number of fused-ring (bicyclic) bond motifs is 1. The van der Waals surface area contributed by atoms with Gasteiger partial charge in [0.2, 0.25) is 0 Å². The molecule has 3 nitrogen and oxygen atoms in total. The maximum Gasteiger partial charge on any atom is 0.119 e. The molecule has 0 aliphatic heterocycles. The molecule has 0 aliphatic rings. The molecule has 2 aromatic carbocycles. The van der Waals surface area contributed by atoms with E-state index >= 15 is 0 Å². The number of methoxy groups -OCH3 is 1. The summed E-state index contributed by atoms with van der Waals surface area (Å²) < 4.78 is 5.33. The highest BCUT2D eigenvalue weighted by atomic mass is 16.5. The quantitative estimate of drug-likeness (QED) is 0.760. The first-order valence-electron chi connectivity index (χ1n) is 6.95. The van der Waals surface area contributed by atoms with Crippen LogP contribution in [0.5, 0.6) is 5.75 Å². The lowest BCUT2D eigenvalue weighted by Crippen LogP contribution is -1.96. The Bertz CT molecular complexity index is 796. The van der Waals surface area contributed by atoms with Crippen LogP contribution in [0.3, 0.4) is 0 Å². The highest BCUT2D eigenvalue weighted by molar-refractivity contribution is 5.94. The first-order chi connectivity index (χ1) is 10.2. The number of hydrogen-bond donors (Lipinski definition) is 1. The molecule has 0 atom stereocenters. The van der Waals surface area contributed by atoms with Crippen molar-refractivity contribution in [2.45, 2.75) is 13.8 Å². The number of para-hydroxylation sites is 1. The third-order valence-corrected chi connectivity index (χ3v) is 3.56. The number of benzene rings is 2. The Balaban J connectivity index is 2.14. The summed E-state index contributed by atoms with van der Waals surface area (Å²) in [5.74, 6) is 0.834. The van der Waals surface area contributed by atoms with Crippen LogP contribution in [-0.2, 0) is 0 Å². The van der Waals surface area contributed by atoms with Gasteiger partial charge in [-0.1, -0.05) is 18.2 Å². The van der Waals surface area contributed by atoms with E-state index in [2.05, 4.69) is 35.4 Å². The maximum atomic E-state index is 5.33. The number of hydrogen-bond acceptors (Lipinski definition) is 3. The van der Waals surface area contributed by atoms with Gasteiger partial charge in [0.15, 0.2) is 0 Å². The van der Waals surface area contributed by atoms with Gasteiger partial charge in [-0.3, -0.25) is 4.98 Å². The molecule has 0 radical (unpaired) electrons. The topological polar surface area (TPSA) is 34.1 Å². The molecule has 0 fully saturated rings. The van der Waals surface area contributed by atoms with E-state index in [1.54, 1.807) is 7.11 Å². The fraction of sp³-hybridized carbons (Fsp3) is 0.167. The van der Waals surface area contributed by atoms with E-state index in [1.807, 2.05) is 37.3 Å². The molecule has 1 aromatic heterocycles. The highest BCUT2D eigenvalue weighted by Gasteiger charge is 2.07. The Morgan fingerprint density at radius 2 is 1.76 bits per heavy atom. The van der Waals surface area contributed by atoms with Crippen LogP contribution in [0.25, 0.3) is 10.9 Å². The van der Waals surface area contributed by atoms with Crippen molar-refractivity contribution in [1.29, 1.82) is 0 Å². The smallest absolute Gasteiger partial charge is 0.119 e. The van der Waals surface area contributed by atoms with Gasteiger partial charge >= 0.3 is 0 Å². The van der Waals surface area contributed by atoms with E-state index in [9.17, 15) is 0 Å². The molecule has 3 rings (SSSR count). The summed E-state index contributed by atoms with van der Waals surface area (Å²) in [6.45, 7) is 4.10. The van der Waals surface area contributed by atoms with Gasteiger partial charge in [0, 0.05) is 22.5 Å². The van der Waals surface area contributed by atoms with Crippen molar-refractivity contribution in [3.8, 4) is 5.75 Å². The number of rotatable bonds is 3. The molecular weight excluding hydrogens is 260 g/mol. The second-order valence-corrected chi connectivity index (χ2v) is 5.13. The SMILES string of the molecule is COc1ccc2nc(C)cc(Nc3ccccc3C)c2c1. The molecule has 0 spiro atoms. The Hall–Kier alpha value is -2.55. The largest absolute Gasteiger partial charge is 0.497 e. The number of aromatic nitrogens is 1. The Morgan fingerprint density at radius 3 is 2.52 bits per heavy atom. The zero-order valence-corrected chi connectivity index (χ0v) is 12.5. The van der Waals surface area contributed by atoms with Crippen molar-refractivity contribution in [3.63, 3.8) is 0 Å². The van der Waals surface area contributed by atoms with Crippen molar-refractivity contribution in [1.82, 2.24) is 4.98 Å². The van der Waals surface area contributed by atoms with Gasteiger partial charge in [-0.25, -0.2) is 0 Å². The number of nitrogens with zero attached hydrogens (tertiary/aromatic N) is 1. The molecule has 106 valence electrons. The number of nitrogens with one attached hydrogen (secondary N) is 1. The predicted octanol–water partition coefficient (Wildman–Crippen LogP) is 4.60. The molecule has 0 bridgehead atoms. The zero-order chi connectivity index (χ0) is 14.8. The first-order valence-corrected chi connectivity index (χ1v) is 6.95. The first kappa shape index (κ1) is 13.4. The third kappa shape index (κ3) is 2.68. The van der Waals surface area contributed by atoms with Crippen LogP contribution in [0, 0.1) is 13.8 Å². The van der Waals surface area contributed by atoms with Gasteiger partial charge in [0.1, 0.15) is 5.75 Å². The molecule has 1 N–H and O–H groups in total. The second kappa shape index (κ2) is 5.44. The minimum Gasteiger partial charge on any atom is -0.497 e. The van der Waals surface area contributed by atoms with Gasteiger partial charge in [0.05, 0.1) is 12.6 Å². The fourth-order valence-electron chi connectivity index (χ4n) is 2.43. The van der Waals surface area contributed by atoms with Crippen molar-refractivity contribution < 1.29 is 4.74 Å². The third-order valence-electron chi connectivity index (χ3n) is 3.56. The Kier molecular flexibility index (Phi) is 3.48. The molecule has 0 saturated carbocycles. The number of anilines is 2. The molecule has 3 aromatic rings. The van der Waals surface area contributed by atoms with E-state index in [4.69, 9.17) is 4.74 Å². The standard InChI is InChI=1S/C18H18N2O/c1-12-6-4-5-7-16(12)20-18-10-13(2)19-17-9-8-14(21-3)11-15(17)18/h4-11H,1-3H3,(H,19,20). The van der Waals surface area contributed by atoms with Crippen LogP contribution in [0.15, 0.2) is 48.5 Å². The van der Waals surface area contributed by atoms with Crippen molar-refractivity contribution in [3.05, 3.63) is 59.8 Å². The summed E-state index contributed by atoms with van der Waals surface area (Å²) in [6.07, 6.45) is 0. The summed E-state index contributed by atoms with van der Waals surface area (Å²) in [5.41, 5.74) is 5.32. The molecular formula is C18H18N2O. The fourth-order valence-corrected chi connectivity index (χ4v) is 2.43. The van der Waals surface area contributed by atoms with Crippen molar-refractivity contribution in [2.24, 2.45) is 0 Å². The summed E-state index contributed by atoms with van der Waals surface area (Å²) >= 11 is 0. The minimum absolute atomic E-state index is 0.834. The lowest BCUT2D eigenvalue weighted by Gasteiger charge is -2.13. The van der Waals surface area contributed by atoms with E-state index in [0.29, 0.717) is 0 Å². The summed E-state index contributed by atoms with van der Waals surface area (Å²) in [5, 5.41) is 4.57. The average Bonchev–Trinajstić information content (AvgIpc) is 2.49. The second-order valence-electron chi connectivity index (χ2n) is 5.13. The number of ether oxygens (including phenoxy) is 1. The van der Waals surface area contributed by atoms with E-state index in [0.717, 1.165) is 33.7 Å². The Morgan fingerprint density at radius 1 is 0.952 bits per heavy atom. The predicted molar refractivity (Wildman–Crippen MR) is 87.5 cm³/mol. The van der Waals surface area contributed by atoms with Gasteiger partial charge in [-0.05, 0) is 49.7 Å².